The first-order chi connectivity index (χ1) is 20.3. The van der Waals surface area contributed by atoms with Crippen molar-refractivity contribution in [2.45, 2.75) is 74.0 Å². The van der Waals surface area contributed by atoms with Gasteiger partial charge >= 0.3 is 0 Å². The molecule has 0 radical (unpaired) electrons. The molecule has 0 aromatic heterocycles. The fourth-order valence-corrected chi connectivity index (χ4v) is 9.88. The average Bonchev–Trinajstić information content (AvgIpc) is 3.50. The number of fused-ring (bicyclic) bond motifs is 10. The Labute approximate surface area is 258 Å². The second-order valence-electron chi connectivity index (χ2n) is 12.9. The zero-order valence-corrected chi connectivity index (χ0v) is 25.9. The van der Waals surface area contributed by atoms with E-state index in [0.717, 1.165) is 50.0 Å². The van der Waals surface area contributed by atoms with Gasteiger partial charge in [-0.3, -0.25) is 9.59 Å². The zero-order valence-electron chi connectivity index (χ0n) is 24.4. The van der Waals surface area contributed by atoms with Crippen molar-refractivity contribution < 1.29 is 19.1 Å². The second-order valence-corrected chi connectivity index (χ2v) is 14.3. The molecular weight excluding hydrogens is 567 g/mol. The maximum Gasteiger partial charge on any atom is 0.154 e. The Morgan fingerprint density at radius 3 is 1.48 bits per heavy atom. The van der Waals surface area contributed by atoms with Crippen LogP contribution in [0.4, 0.5) is 0 Å². The quantitative estimate of drug-likeness (QED) is 0.326. The second kappa shape index (κ2) is 10.6. The molecule has 0 heterocycles. The van der Waals surface area contributed by atoms with Crippen LogP contribution in [0, 0.1) is 23.7 Å². The Balaban J connectivity index is 0.000000137. The van der Waals surface area contributed by atoms with E-state index in [1.54, 1.807) is 14.2 Å². The molecule has 2 aromatic carbocycles. The minimum absolute atomic E-state index is 0.255. The van der Waals surface area contributed by atoms with Crippen LogP contribution in [0.3, 0.4) is 0 Å². The van der Waals surface area contributed by atoms with Crippen molar-refractivity contribution in [2.24, 2.45) is 23.7 Å². The van der Waals surface area contributed by atoms with Crippen LogP contribution >= 0.6 is 23.2 Å². The molecule has 4 nitrogen and oxygen atoms in total. The first kappa shape index (κ1) is 28.2. The Morgan fingerprint density at radius 2 is 1.07 bits per heavy atom. The Bertz CT molecular complexity index is 1410. The van der Waals surface area contributed by atoms with Crippen molar-refractivity contribution in [2.75, 3.05) is 14.2 Å². The highest BCUT2D eigenvalue weighted by Gasteiger charge is 2.55. The monoisotopic (exact) mass is 604 g/mol. The number of ether oxygens (including phenoxy) is 2. The van der Waals surface area contributed by atoms with E-state index in [9.17, 15) is 9.59 Å². The number of methoxy groups -OCH3 is 2. The predicted octanol–water partition coefficient (Wildman–Crippen LogP) is 8.00. The van der Waals surface area contributed by atoms with Crippen LogP contribution in [0.25, 0.3) is 11.1 Å². The summed E-state index contributed by atoms with van der Waals surface area (Å²) in [6.07, 6.45) is 13.3. The molecule has 0 amide bonds. The van der Waals surface area contributed by atoms with Gasteiger partial charge in [0.25, 0.3) is 0 Å². The van der Waals surface area contributed by atoms with Crippen molar-refractivity contribution in [3.8, 4) is 11.5 Å². The topological polar surface area (TPSA) is 52.6 Å². The SMILES string of the molecule is COc1ccc2c(c1)CC[C@H]1C2=CC[C@@]2(Cl)C(=O)CC[C@@H]12.COc1ccc2c(c1)CC[C@H]1C2=CC[C@@]2(Cl)C(=O)CC[C@@H]12. The van der Waals surface area contributed by atoms with Gasteiger partial charge in [0.2, 0.25) is 0 Å². The molecule has 2 aromatic rings. The number of aryl methyl sites for hydroxylation is 2. The number of hydrogen-bond donors (Lipinski definition) is 0. The third-order valence-electron chi connectivity index (χ3n) is 11.2. The van der Waals surface area contributed by atoms with Gasteiger partial charge in [-0.25, -0.2) is 0 Å². The highest BCUT2D eigenvalue weighted by atomic mass is 35.5. The molecule has 0 saturated heterocycles. The number of ketones is 2. The van der Waals surface area contributed by atoms with Crippen LogP contribution in [0.15, 0.2) is 48.6 Å². The summed E-state index contributed by atoms with van der Waals surface area (Å²) in [6.45, 7) is 0. The van der Waals surface area contributed by atoms with Gasteiger partial charge < -0.3 is 9.47 Å². The fourth-order valence-electron chi connectivity index (χ4n) is 9.01. The van der Waals surface area contributed by atoms with Gasteiger partial charge in [-0.2, -0.15) is 0 Å². The highest BCUT2D eigenvalue weighted by molar-refractivity contribution is 6.37. The lowest BCUT2D eigenvalue weighted by Crippen LogP contribution is -2.41. The highest BCUT2D eigenvalue weighted by Crippen LogP contribution is 2.57. The molecule has 42 heavy (non-hydrogen) atoms. The molecule has 0 N–H and O–H groups in total. The minimum atomic E-state index is -0.613. The molecule has 0 bridgehead atoms. The maximum atomic E-state index is 12.2. The number of hydrogen-bond acceptors (Lipinski definition) is 4. The summed E-state index contributed by atoms with van der Waals surface area (Å²) >= 11 is 13.4. The van der Waals surface area contributed by atoms with E-state index < -0.39 is 9.75 Å². The number of carbonyl (C=O) groups excluding carboxylic acids is 2. The van der Waals surface area contributed by atoms with Crippen molar-refractivity contribution in [3.05, 3.63) is 70.8 Å². The van der Waals surface area contributed by atoms with Gasteiger partial charge in [-0.05, 0) is 133 Å². The summed E-state index contributed by atoms with van der Waals surface area (Å²) in [5.74, 6) is 3.89. The summed E-state index contributed by atoms with van der Waals surface area (Å²) in [4.78, 5) is 23.1. The average molecular weight is 606 g/mol. The van der Waals surface area contributed by atoms with Crippen molar-refractivity contribution >= 4 is 45.9 Å². The van der Waals surface area contributed by atoms with Gasteiger partial charge in [0, 0.05) is 12.8 Å². The number of rotatable bonds is 2. The Kier molecular flexibility index (Phi) is 7.09. The third-order valence-corrected chi connectivity index (χ3v) is 12.5. The minimum Gasteiger partial charge on any atom is -0.497 e. The summed E-state index contributed by atoms with van der Waals surface area (Å²) < 4.78 is 10.7. The summed E-state index contributed by atoms with van der Waals surface area (Å²) in [5, 5.41) is 0. The zero-order chi connectivity index (χ0) is 29.2. The Morgan fingerprint density at radius 1 is 0.643 bits per heavy atom. The van der Waals surface area contributed by atoms with Gasteiger partial charge in [-0.15, -0.1) is 23.2 Å². The number of halogens is 2. The van der Waals surface area contributed by atoms with E-state index in [0.29, 0.717) is 49.4 Å². The summed E-state index contributed by atoms with van der Waals surface area (Å²) in [6, 6.07) is 12.7. The van der Waals surface area contributed by atoms with E-state index in [4.69, 9.17) is 32.7 Å². The Hall–Kier alpha value is -2.56. The first-order valence-electron chi connectivity index (χ1n) is 15.5. The van der Waals surface area contributed by atoms with Crippen LogP contribution < -0.4 is 9.47 Å². The molecule has 8 rings (SSSR count). The molecule has 6 heteroatoms. The van der Waals surface area contributed by atoms with Crippen molar-refractivity contribution in [3.63, 3.8) is 0 Å². The fraction of sp³-hybridized carbons (Fsp3) is 0.500. The lowest BCUT2D eigenvalue weighted by molar-refractivity contribution is -0.121. The van der Waals surface area contributed by atoms with Crippen LogP contribution in [-0.4, -0.2) is 35.5 Å². The summed E-state index contributed by atoms with van der Waals surface area (Å²) in [7, 11) is 3.42. The van der Waals surface area contributed by atoms with Gasteiger partial charge in [-0.1, -0.05) is 24.3 Å². The number of allylic oxidation sites excluding steroid dienone is 4. The normalized spacial score (nSPS) is 33.8. The van der Waals surface area contributed by atoms with E-state index >= 15 is 0 Å². The lowest BCUT2D eigenvalue weighted by atomic mass is 9.66. The molecule has 6 atom stereocenters. The van der Waals surface area contributed by atoms with Gasteiger partial charge in [0.1, 0.15) is 21.2 Å². The third kappa shape index (κ3) is 4.31. The first-order valence-corrected chi connectivity index (χ1v) is 16.2. The number of alkyl halides is 2. The summed E-state index contributed by atoms with van der Waals surface area (Å²) in [5.41, 5.74) is 8.23. The molecular formula is C36H38Cl2O4. The number of Topliss-reactive ketones (excluding diaryl/α,β-unsaturated/α-hetero) is 2. The molecule has 2 saturated carbocycles. The largest absolute Gasteiger partial charge is 0.497 e. The number of benzene rings is 2. The van der Waals surface area contributed by atoms with Crippen LogP contribution in [0.5, 0.6) is 11.5 Å². The molecule has 0 spiro atoms. The van der Waals surface area contributed by atoms with Crippen LogP contribution in [-0.2, 0) is 22.4 Å². The molecule has 0 aliphatic heterocycles. The predicted molar refractivity (Wildman–Crippen MR) is 167 cm³/mol. The van der Waals surface area contributed by atoms with Crippen LogP contribution in [0.2, 0.25) is 0 Å². The molecule has 6 aliphatic carbocycles. The van der Waals surface area contributed by atoms with Crippen LogP contribution in [0.1, 0.15) is 73.6 Å². The van der Waals surface area contributed by atoms with E-state index in [2.05, 4.69) is 36.4 Å². The smallest absolute Gasteiger partial charge is 0.154 e. The van der Waals surface area contributed by atoms with E-state index in [-0.39, 0.29) is 11.6 Å². The van der Waals surface area contributed by atoms with Crippen molar-refractivity contribution in [1.82, 2.24) is 0 Å². The lowest BCUT2D eigenvalue weighted by Gasteiger charge is -2.42. The maximum absolute atomic E-state index is 12.2. The van der Waals surface area contributed by atoms with E-state index in [1.807, 2.05) is 12.1 Å². The standard InChI is InChI=1S/2C18H19ClO2/c2*1-21-12-3-5-13-11(10-12)2-4-15-14(13)8-9-18(19)16(15)6-7-17(18)20/h2*3,5,8,10,15-16H,2,4,6-7,9H2,1H3/t2*15-,16-,18-/m00/s1. The van der Waals surface area contributed by atoms with E-state index in [1.165, 1.54) is 33.4 Å². The van der Waals surface area contributed by atoms with Gasteiger partial charge in [0.15, 0.2) is 11.6 Å². The molecule has 0 unspecified atom stereocenters. The molecule has 6 aliphatic rings. The number of carbonyl (C=O) groups is 2. The van der Waals surface area contributed by atoms with Crippen molar-refractivity contribution in [1.29, 1.82) is 0 Å². The molecule has 220 valence electrons. The molecule has 2 fully saturated rings. The van der Waals surface area contributed by atoms with Gasteiger partial charge in [0.05, 0.1) is 14.2 Å².